The van der Waals surface area contributed by atoms with Crippen molar-refractivity contribution < 1.29 is 35.9 Å². The summed E-state index contributed by atoms with van der Waals surface area (Å²) in [5.41, 5.74) is -0.373. The minimum absolute atomic E-state index is 0.0927. The van der Waals surface area contributed by atoms with Gasteiger partial charge in [-0.1, -0.05) is 24.3 Å². The van der Waals surface area contributed by atoms with Gasteiger partial charge in [-0.15, -0.1) is 0 Å². The predicted molar refractivity (Wildman–Crippen MR) is 94.4 cm³/mol. The van der Waals surface area contributed by atoms with Crippen LogP contribution in [0, 0.1) is 5.82 Å². The number of alkyl halides is 3. The van der Waals surface area contributed by atoms with Gasteiger partial charge in [0.1, 0.15) is 11.6 Å². The number of aliphatic hydroxyl groups excluding tert-OH is 1. The van der Waals surface area contributed by atoms with Crippen LogP contribution in [0.1, 0.15) is 11.1 Å². The molecule has 0 atom stereocenters. The SMILES string of the molecule is O=C(CS(=O)(=O)Cc1ccc(-c2ccc(C(F)(F)F)cc2)cc1F)NCCO. The van der Waals surface area contributed by atoms with Crippen molar-refractivity contribution in [1.29, 1.82) is 0 Å². The van der Waals surface area contributed by atoms with Gasteiger partial charge in [-0.25, -0.2) is 12.8 Å². The summed E-state index contributed by atoms with van der Waals surface area (Å²) in [6.07, 6.45) is -4.48. The van der Waals surface area contributed by atoms with Crippen LogP contribution in [0.5, 0.6) is 0 Å². The van der Waals surface area contributed by atoms with Crippen molar-refractivity contribution in [3.8, 4) is 11.1 Å². The van der Waals surface area contributed by atoms with E-state index >= 15 is 0 Å². The van der Waals surface area contributed by atoms with Gasteiger partial charge in [-0.2, -0.15) is 13.2 Å². The molecule has 0 unspecified atom stereocenters. The van der Waals surface area contributed by atoms with Gasteiger partial charge in [0.15, 0.2) is 9.84 Å². The van der Waals surface area contributed by atoms with Crippen molar-refractivity contribution in [2.24, 2.45) is 0 Å². The predicted octanol–water partition coefficient (Wildman–Crippen LogP) is 2.53. The molecule has 0 spiro atoms. The smallest absolute Gasteiger partial charge is 0.395 e. The maximum Gasteiger partial charge on any atom is 0.416 e. The van der Waals surface area contributed by atoms with Gasteiger partial charge in [0.05, 0.1) is 17.9 Å². The highest BCUT2D eigenvalue weighted by Crippen LogP contribution is 2.31. The lowest BCUT2D eigenvalue weighted by Crippen LogP contribution is -2.32. The topological polar surface area (TPSA) is 83.5 Å². The number of hydrogen-bond donors (Lipinski definition) is 2. The van der Waals surface area contributed by atoms with Gasteiger partial charge < -0.3 is 10.4 Å². The monoisotopic (exact) mass is 419 g/mol. The molecule has 0 aliphatic carbocycles. The Balaban J connectivity index is 2.15. The van der Waals surface area contributed by atoms with Gasteiger partial charge in [0.25, 0.3) is 0 Å². The maximum absolute atomic E-state index is 14.3. The summed E-state index contributed by atoms with van der Waals surface area (Å²) in [7, 11) is -3.94. The molecule has 152 valence electrons. The first-order valence-corrected chi connectivity index (χ1v) is 9.88. The third-order valence-corrected chi connectivity index (χ3v) is 5.21. The normalized spacial score (nSPS) is 12.0. The number of amides is 1. The van der Waals surface area contributed by atoms with Crippen LogP contribution in [0.15, 0.2) is 42.5 Å². The summed E-state index contributed by atoms with van der Waals surface area (Å²) in [4.78, 5) is 11.5. The number of carbonyl (C=O) groups excluding carboxylic acids is 1. The lowest BCUT2D eigenvalue weighted by molar-refractivity contribution is -0.137. The number of sulfone groups is 1. The van der Waals surface area contributed by atoms with E-state index in [-0.39, 0.29) is 24.3 Å². The quantitative estimate of drug-likeness (QED) is 0.676. The van der Waals surface area contributed by atoms with E-state index in [0.29, 0.717) is 5.56 Å². The van der Waals surface area contributed by atoms with Crippen LogP contribution in [0.4, 0.5) is 17.6 Å². The zero-order valence-corrected chi connectivity index (χ0v) is 15.3. The number of benzene rings is 2. The first-order valence-electron chi connectivity index (χ1n) is 8.06. The second kappa shape index (κ2) is 8.70. The van der Waals surface area contributed by atoms with E-state index in [1.807, 2.05) is 0 Å². The summed E-state index contributed by atoms with van der Waals surface area (Å²) in [5.74, 6) is -3.22. The Bertz CT molecular complexity index is 941. The number of halogens is 4. The molecule has 0 bridgehead atoms. The van der Waals surface area contributed by atoms with E-state index in [2.05, 4.69) is 5.32 Å². The third-order valence-electron chi connectivity index (χ3n) is 3.76. The lowest BCUT2D eigenvalue weighted by atomic mass is 10.0. The van der Waals surface area contributed by atoms with Crippen molar-refractivity contribution >= 4 is 15.7 Å². The highest BCUT2D eigenvalue weighted by atomic mass is 32.2. The number of hydrogen-bond acceptors (Lipinski definition) is 4. The molecule has 2 N–H and O–H groups in total. The van der Waals surface area contributed by atoms with E-state index in [9.17, 15) is 30.8 Å². The summed E-state index contributed by atoms with van der Waals surface area (Å²) in [6, 6.07) is 7.76. The Hall–Kier alpha value is -2.46. The Kier molecular flexibility index (Phi) is 6.78. The minimum Gasteiger partial charge on any atom is -0.395 e. The highest BCUT2D eigenvalue weighted by Gasteiger charge is 2.30. The molecular formula is C18H17F4NO4S. The average Bonchev–Trinajstić information content (AvgIpc) is 2.60. The van der Waals surface area contributed by atoms with Crippen LogP contribution in [-0.2, 0) is 26.6 Å². The molecule has 28 heavy (non-hydrogen) atoms. The zero-order valence-electron chi connectivity index (χ0n) is 14.5. The molecule has 1 amide bonds. The summed E-state index contributed by atoms with van der Waals surface area (Å²) < 4.78 is 76.1. The van der Waals surface area contributed by atoms with Gasteiger partial charge in [-0.3, -0.25) is 4.79 Å². The van der Waals surface area contributed by atoms with Crippen LogP contribution in [0.25, 0.3) is 11.1 Å². The minimum atomic E-state index is -4.48. The van der Waals surface area contributed by atoms with Crippen LogP contribution in [0.3, 0.4) is 0 Å². The van der Waals surface area contributed by atoms with E-state index in [1.165, 1.54) is 24.3 Å². The number of rotatable bonds is 7. The van der Waals surface area contributed by atoms with Crippen molar-refractivity contribution in [3.63, 3.8) is 0 Å². The summed E-state index contributed by atoms with van der Waals surface area (Å²) in [5, 5.41) is 10.8. The molecule has 5 nitrogen and oxygen atoms in total. The van der Waals surface area contributed by atoms with Crippen LogP contribution in [0.2, 0.25) is 0 Å². The van der Waals surface area contributed by atoms with E-state index < -0.39 is 44.8 Å². The van der Waals surface area contributed by atoms with E-state index in [1.54, 1.807) is 0 Å². The molecule has 0 heterocycles. The fraction of sp³-hybridized carbons (Fsp3) is 0.278. The molecule has 0 fully saturated rings. The third kappa shape index (κ3) is 6.03. The van der Waals surface area contributed by atoms with E-state index in [4.69, 9.17) is 5.11 Å². The van der Waals surface area contributed by atoms with Gasteiger partial charge in [-0.05, 0) is 29.3 Å². The lowest BCUT2D eigenvalue weighted by Gasteiger charge is -2.10. The Morgan fingerprint density at radius 3 is 2.18 bits per heavy atom. The molecular weight excluding hydrogens is 402 g/mol. The molecule has 0 aromatic heterocycles. The van der Waals surface area contributed by atoms with Crippen LogP contribution >= 0.6 is 0 Å². The van der Waals surface area contributed by atoms with Gasteiger partial charge >= 0.3 is 6.18 Å². The fourth-order valence-corrected chi connectivity index (χ4v) is 3.74. The van der Waals surface area contributed by atoms with Crippen molar-refractivity contribution in [2.45, 2.75) is 11.9 Å². The van der Waals surface area contributed by atoms with E-state index in [0.717, 1.165) is 18.2 Å². The molecule has 0 saturated carbocycles. The Morgan fingerprint density at radius 2 is 1.64 bits per heavy atom. The second-order valence-electron chi connectivity index (χ2n) is 5.99. The number of nitrogens with one attached hydrogen (secondary N) is 1. The Morgan fingerprint density at radius 1 is 1.04 bits per heavy atom. The first-order chi connectivity index (χ1) is 13.0. The average molecular weight is 419 g/mol. The zero-order chi connectivity index (χ0) is 20.9. The number of aliphatic hydroxyl groups is 1. The molecule has 2 rings (SSSR count). The molecule has 0 aliphatic rings. The molecule has 0 radical (unpaired) electrons. The largest absolute Gasteiger partial charge is 0.416 e. The first kappa shape index (κ1) is 21.8. The summed E-state index contributed by atoms with van der Waals surface area (Å²) >= 11 is 0. The van der Waals surface area contributed by atoms with Crippen LogP contribution in [-0.4, -0.2) is 38.3 Å². The number of carbonyl (C=O) groups is 1. The van der Waals surface area contributed by atoms with Gasteiger partial charge in [0, 0.05) is 12.1 Å². The maximum atomic E-state index is 14.3. The fourth-order valence-electron chi connectivity index (χ4n) is 2.43. The van der Waals surface area contributed by atoms with Crippen molar-refractivity contribution in [3.05, 3.63) is 59.4 Å². The standard InChI is InChI=1S/C18H17F4NO4S/c19-16-9-13(12-3-5-15(6-4-12)18(20,21)22)1-2-14(16)10-28(26,27)11-17(25)23-7-8-24/h1-6,9,24H,7-8,10-11H2,(H,23,25). The second-order valence-corrected chi connectivity index (χ2v) is 8.05. The van der Waals surface area contributed by atoms with Gasteiger partial charge in [0.2, 0.25) is 5.91 Å². The molecule has 10 heteroatoms. The molecule has 0 aliphatic heterocycles. The van der Waals surface area contributed by atoms with Crippen LogP contribution < -0.4 is 5.32 Å². The molecule has 2 aromatic rings. The highest BCUT2D eigenvalue weighted by molar-refractivity contribution is 7.91. The van der Waals surface area contributed by atoms with Crippen molar-refractivity contribution in [1.82, 2.24) is 5.32 Å². The van der Waals surface area contributed by atoms with Crippen molar-refractivity contribution in [2.75, 3.05) is 18.9 Å². The molecule has 2 aromatic carbocycles. The molecule has 0 saturated heterocycles. The Labute approximate surface area is 158 Å². The summed E-state index contributed by atoms with van der Waals surface area (Å²) in [6.45, 7) is -0.434.